The zero-order valence-corrected chi connectivity index (χ0v) is 17.4. The minimum atomic E-state index is -0.415. The number of carbonyl (C=O) groups is 2. The summed E-state index contributed by atoms with van der Waals surface area (Å²) in [6.07, 6.45) is 5.66. The Bertz CT molecular complexity index is 655. The van der Waals surface area contributed by atoms with E-state index in [0.717, 1.165) is 64.7 Å². The maximum Gasteiger partial charge on any atom is 0.313 e. The molecule has 5 heteroatoms. The van der Waals surface area contributed by atoms with Gasteiger partial charge in [-0.25, -0.2) is 0 Å². The molecule has 1 unspecified atom stereocenters. The standard InChI is InChI=1S/C23H34N2O3/c1-3-28-22(27)23(14-10-20-8-5-4-6-9-20)13-7-15-25(18-23)21-11-16-24(17-12-21)19(2)26/h4-6,8-9,21H,3,7,10-18H2,1-2H3. The van der Waals surface area contributed by atoms with Crippen LogP contribution in [0.1, 0.15) is 51.5 Å². The van der Waals surface area contributed by atoms with Gasteiger partial charge in [-0.1, -0.05) is 30.3 Å². The van der Waals surface area contributed by atoms with E-state index in [2.05, 4.69) is 29.2 Å². The number of nitrogens with zero attached hydrogens (tertiary/aromatic N) is 2. The van der Waals surface area contributed by atoms with Crippen LogP contribution in [0.2, 0.25) is 0 Å². The summed E-state index contributed by atoms with van der Waals surface area (Å²) in [6, 6.07) is 10.9. The van der Waals surface area contributed by atoms with Crippen LogP contribution in [0.3, 0.4) is 0 Å². The van der Waals surface area contributed by atoms with Crippen LogP contribution in [0.5, 0.6) is 0 Å². The summed E-state index contributed by atoms with van der Waals surface area (Å²) in [6.45, 7) is 7.45. The molecule has 1 atom stereocenters. The van der Waals surface area contributed by atoms with E-state index in [4.69, 9.17) is 4.74 Å². The Labute approximate surface area is 169 Å². The number of esters is 1. The number of carbonyl (C=O) groups excluding carboxylic acids is 2. The Morgan fingerprint density at radius 2 is 1.86 bits per heavy atom. The van der Waals surface area contributed by atoms with Gasteiger partial charge in [0, 0.05) is 32.6 Å². The van der Waals surface area contributed by atoms with E-state index in [1.54, 1.807) is 6.92 Å². The summed E-state index contributed by atoms with van der Waals surface area (Å²) in [7, 11) is 0. The van der Waals surface area contributed by atoms with Crippen molar-refractivity contribution < 1.29 is 14.3 Å². The summed E-state index contributed by atoms with van der Waals surface area (Å²) in [5, 5.41) is 0. The number of rotatable bonds is 6. The summed E-state index contributed by atoms with van der Waals surface area (Å²) in [5.74, 6) is 0.137. The van der Waals surface area contributed by atoms with Gasteiger partial charge in [0.15, 0.2) is 0 Å². The van der Waals surface area contributed by atoms with Gasteiger partial charge in [0.1, 0.15) is 0 Å². The molecule has 0 aliphatic carbocycles. The van der Waals surface area contributed by atoms with Crippen molar-refractivity contribution in [2.75, 3.05) is 32.8 Å². The summed E-state index contributed by atoms with van der Waals surface area (Å²) < 4.78 is 5.54. The van der Waals surface area contributed by atoms with Crippen molar-refractivity contribution in [2.24, 2.45) is 5.41 Å². The number of likely N-dealkylation sites (tertiary alicyclic amines) is 2. The second kappa shape index (κ2) is 9.55. The molecular formula is C23H34N2O3. The van der Waals surface area contributed by atoms with Gasteiger partial charge >= 0.3 is 5.97 Å². The van der Waals surface area contributed by atoms with E-state index in [0.29, 0.717) is 12.6 Å². The van der Waals surface area contributed by atoms with E-state index < -0.39 is 5.41 Å². The molecule has 2 heterocycles. The summed E-state index contributed by atoms with van der Waals surface area (Å²) in [5.41, 5.74) is 0.861. The highest BCUT2D eigenvalue weighted by molar-refractivity contribution is 5.77. The summed E-state index contributed by atoms with van der Waals surface area (Å²) >= 11 is 0. The molecule has 28 heavy (non-hydrogen) atoms. The number of hydrogen-bond donors (Lipinski definition) is 0. The van der Waals surface area contributed by atoms with Gasteiger partial charge in [-0.05, 0) is 57.6 Å². The van der Waals surface area contributed by atoms with Crippen LogP contribution < -0.4 is 0 Å². The molecule has 1 amide bonds. The van der Waals surface area contributed by atoms with Crippen molar-refractivity contribution in [3.63, 3.8) is 0 Å². The molecule has 0 spiro atoms. The molecule has 0 N–H and O–H groups in total. The van der Waals surface area contributed by atoms with Crippen molar-refractivity contribution in [3.05, 3.63) is 35.9 Å². The van der Waals surface area contributed by atoms with Crippen LogP contribution in [0.4, 0.5) is 0 Å². The van der Waals surface area contributed by atoms with Crippen molar-refractivity contribution >= 4 is 11.9 Å². The highest BCUT2D eigenvalue weighted by atomic mass is 16.5. The maximum atomic E-state index is 13.0. The van der Waals surface area contributed by atoms with Crippen LogP contribution in [0.15, 0.2) is 30.3 Å². The number of amides is 1. The van der Waals surface area contributed by atoms with Crippen molar-refractivity contribution in [1.82, 2.24) is 9.80 Å². The lowest BCUT2D eigenvalue weighted by molar-refractivity contribution is -0.160. The zero-order valence-electron chi connectivity index (χ0n) is 17.4. The third-order valence-corrected chi connectivity index (χ3v) is 6.48. The van der Waals surface area contributed by atoms with Crippen LogP contribution >= 0.6 is 0 Å². The fourth-order valence-corrected chi connectivity index (χ4v) is 4.81. The first-order chi connectivity index (χ1) is 13.5. The van der Waals surface area contributed by atoms with E-state index in [9.17, 15) is 9.59 Å². The molecule has 2 aliphatic rings. The highest BCUT2D eigenvalue weighted by Crippen LogP contribution is 2.38. The molecule has 0 saturated carbocycles. The van der Waals surface area contributed by atoms with Crippen molar-refractivity contribution in [2.45, 2.75) is 58.4 Å². The lowest BCUT2D eigenvalue weighted by Crippen LogP contribution is -2.54. The molecule has 0 radical (unpaired) electrons. The van der Waals surface area contributed by atoms with E-state index in [-0.39, 0.29) is 11.9 Å². The molecule has 2 fully saturated rings. The third-order valence-electron chi connectivity index (χ3n) is 6.48. The number of benzene rings is 1. The fraction of sp³-hybridized carbons (Fsp3) is 0.652. The van der Waals surface area contributed by atoms with Crippen LogP contribution in [0, 0.1) is 5.41 Å². The zero-order chi connectivity index (χ0) is 20.0. The first-order valence-corrected chi connectivity index (χ1v) is 10.7. The van der Waals surface area contributed by atoms with Gasteiger partial charge in [-0.2, -0.15) is 0 Å². The minimum absolute atomic E-state index is 0.0307. The quantitative estimate of drug-likeness (QED) is 0.704. The molecule has 154 valence electrons. The largest absolute Gasteiger partial charge is 0.466 e. The molecule has 5 nitrogen and oxygen atoms in total. The Morgan fingerprint density at radius 1 is 1.14 bits per heavy atom. The highest BCUT2D eigenvalue weighted by Gasteiger charge is 2.44. The summed E-state index contributed by atoms with van der Waals surface area (Å²) in [4.78, 5) is 29.1. The number of piperidine rings is 2. The first-order valence-electron chi connectivity index (χ1n) is 10.7. The molecule has 3 rings (SSSR count). The van der Waals surface area contributed by atoms with Gasteiger partial charge < -0.3 is 9.64 Å². The number of hydrogen-bond acceptors (Lipinski definition) is 4. The van der Waals surface area contributed by atoms with E-state index >= 15 is 0 Å². The SMILES string of the molecule is CCOC(=O)C1(CCc2ccccc2)CCCN(C2CCN(C(C)=O)CC2)C1. The van der Waals surface area contributed by atoms with Gasteiger partial charge in [0.05, 0.1) is 12.0 Å². The topological polar surface area (TPSA) is 49.9 Å². The second-order valence-corrected chi connectivity index (χ2v) is 8.30. The molecule has 2 aliphatic heterocycles. The Balaban J connectivity index is 1.68. The lowest BCUT2D eigenvalue weighted by Gasteiger charge is -2.46. The average molecular weight is 387 g/mol. The molecule has 2 saturated heterocycles. The molecule has 1 aromatic carbocycles. The van der Waals surface area contributed by atoms with Gasteiger partial charge in [0.25, 0.3) is 0 Å². The number of ether oxygens (including phenoxy) is 1. The first kappa shape index (κ1) is 20.8. The molecule has 0 aromatic heterocycles. The Hall–Kier alpha value is -1.88. The van der Waals surface area contributed by atoms with E-state index in [1.165, 1.54) is 5.56 Å². The van der Waals surface area contributed by atoms with Crippen LogP contribution in [-0.2, 0) is 20.7 Å². The van der Waals surface area contributed by atoms with Gasteiger partial charge in [-0.15, -0.1) is 0 Å². The molecule has 1 aromatic rings. The molecular weight excluding hydrogens is 352 g/mol. The Morgan fingerprint density at radius 3 is 2.50 bits per heavy atom. The second-order valence-electron chi connectivity index (χ2n) is 8.30. The van der Waals surface area contributed by atoms with E-state index in [1.807, 2.05) is 17.9 Å². The van der Waals surface area contributed by atoms with Crippen LogP contribution in [0.25, 0.3) is 0 Å². The monoisotopic (exact) mass is 386 g/mol. The van der Waals surface area contributed by atoms with Gasteiger partial charge in [-0.3, -0.25) is 14.5 Å². The smallest absolute Gasteiger partial charge is 0.313 e. The Kier molecular flexibility index (Phi) is 7.11. The third kappa shape index (κ3) is 4.93. The number of aryl methyl sites for hydroxylation is 1. The fourth-order valence-electron chi connectivity index (χ4n) is 4.81. The normalized spacial score (nSPS) is 24.1. The maximum absolute atomic E-state index is 13.0. The van der Waals surface area contributed by atoms with Crippen LogP contribution in [-0.4, -0.2) is 60.5 Å². The average Bonchev–Trinajstić information content (AvgIpc) is 2.73. The van der Waals surface area contributed by atoms with Crippen molar-refractivity contribution in [1.29, 1.82) is 0 Å². The predicted octanol–water partition coefficient (Wildman–Crippen LogP) is 3.28. The lowest BCUT2D eigenvalue weighted by atomic mass is 9.74. The van der Waals surface area contributed by atoms with Crippen molar-refractivity contribution in [3.8, 4) is 0 Å². The minimum Gasteiger partial charge on any atom is -0.466 e. The molecule has 0 bridgehead atoms. The predicted molar refractivity (Wildman–Crippen MR) is 110 cm³/mol. The van der Waals surface area contributed by atoms with Gasteiger partial charge in [0.2, 0.25) is 5.91 Å².